The molecule has 0 saturated heterocycles. The Morgan fingerprint density at radius 1 is 1.15 bits per heavy atom. The number of amides is 1. The monoisotopic (exact) mass is 267 g/mol. The van der Waals surface area contributed by atoms with E-state index in [1.54, 1.807) is 12.1 Å². The molecule has 0 aliphatic rings. The van der Waals surface area contributed by atoms with Gasteiger partial charge in [0.2, 0.25) is 5.91 Å². The van der Waals surface area contributed by atoms with Crippen LogP contribution in [-0.4, -0.2) is 17.0 Å². The van der Waals surface area contributed by atoms with E-state index in [2.05, 4.69) is 6.58 Å². The van der Waals surface area contributed by atoms with Gasteiger partial charge in [-0.05, 0) is 16.3 Å². The Balaban J connectivity index is 2.88. The lowest BCUT2D eigenvalue weighted by molar-refractivity contribution is -0.131. The molecule has 2 aromatic rings. The summed E-state index contributed by atoms with van der Waals surface area (Å²) < 4.78 is 0. The zero-order valence-corrected chi connectivity index (χ0v) is 10.7. The summed E-state index contributed by atoms with van der Waals surface area (Å²) >= 11 is 0. The number of fused-ring (bicyclic) bond motifs is 1. The summed E-state index contributed by atoms with van der Waals surface area (Å²) in [6.45, 7) is 3.69. The van der Waals surface area contributed by atoms with Crippen molar-refractivity contribution in [2.45, 2.75) is 0 Å². The fourth-order valence-corrected chi connectivity index (χ4v) is 2.15. The van der Waals surface area contributed by atoms with Crippen molar-refractivity contribution >= 4 is 34.3 Å². The van der Waals surface area contributed by atoms with Gasteiger partial charge in [0.15, 0.2) is 0 Å². The van der Waals surface area contributed by atoms with Crippen LogP contribution in [0.3, 0.4) is 0 Å². The van der Waals surface area contributed by atoms with E-state index in [4.69, 9.17) is 10.8 Å². The van der Waals surface area contributed by atoms with Crippen molar-refractivity contribution in [1.29, 1.82) is 0 Å². The van der Waals surface area contributed by atoms with Gasteiger partial charge in [-0.25, -0.2) is 4.79 Å². The van der Waals surface area contributed by atoms with E-state index in [0.29, 0.717) is 11.1 Å². The predicted octanol–water partition coefficient (Wildman–Crippen LogP) is 2.44. The van der Waals surface area contributed by atoms with E-state index in [0.717, 1.165) is 16.8 Å². The Morgan fingerprint density at radius 2 is 1.85 bits per heavy atom. The zero-order chi connectivity index (χ0) is 14.7. The maximum Gasteiger partial charge on any atom is 0.329 e. The number of primary amides is 1. The molecule has 20 heavy (non-hydrogen) atoms. The summed E-state index contributed by atoms with van der Waals surface area (Å²) in [6.07, 6.45) is 2.40. The van der Waals surface area contributed by atoms with Crippen LogP contribution >= 0.6 is 0 Å². The summed E-state index contributed by atoms with van der Waals surface area (Å²) in [5.41, 5.74) is 6.44. The van der Waals surface area contributed by atoms with Gasteiger partial charge in [-0.2, -0.15) is 0 Å². The highest BCUT2D eigenvalue weighted by Crippen LogP contribution is 2.29. The normalized spacial score (nSPS) is 11.3. The highest BCUT2D eigenvalue weighted by Gasteiger charge is 2.16. The number of benzene rings is 2. The molecule has 0 aliphatic carbocycles. The summed E-state index contributed by atoms with van der Waals surface area (Å²) in [7, 11) is 0. The smallest absolute Gasteiger partial charge is 0.329 e. The van der Waals surface area contributed by atoms with E-state index < -0.39 is 11.9 Å². The number of carbonyl (C=O) groups excluding carboxylic acids is 1. The lowest BCUT2D eigenvalue weighted by Gasteiger charge is -2.11. The molecule has 0 fully saturated rings. The van der Waals surface area contributed by atoms with Gasteiger partial charge < -0.3 is 10.8 Å². The zero-order valence-electron chi connectivity index (χ0n) is 10.7. The number of hydrogen-bond acceptors (Lipinski definition) is 2. The van der Waals surface area contributed by atoms with Gasteiger partial charge in [0.1, 0.15) is 0 Å². The highest BCUT2D eigenvalue weighted by atomic mass is 16.4. The molecule has 2 rings (SSSR count). The van der Waals surface area contributed by atoms with Gasteiger partial charge in [0.05, 0.1) is 5.57 Å². The quantitative estimate of drug-likeness (QED) is 0.835. The third-order valence-electron chi connectivity index (χ3n) is 2.98. The fourth-order valence-electron chi connectivity index (χ4n) is 2.15. The maximum atomic E-state index is 11.6. The van der Waals surface area contributed by atoms with E-state index in [1.165, 1.54) is 0 Å². The highest BCUT2D eigenvalue weighted by molar-refractivity contribution is 6.26. The Labute approximate surface area is 115 Å². The minimum atomic E-state index is -1.22. The van der Waals surface area contributed by atoms with Crippen LogP contribution in [0.1, 0.15) is 11.1 Å². The third kappa shape index (κ3) is 2.44. The van der Waals surface area contributed by atoms with Gasteiger partial charge in [-0.1, -0.05) is 49.1 Å². The van der Waals surface area contributed by atoms with Gasteiger partial charge >= 0.3 is 5.97 Å². The molecule has 0 saturated carbocycles. The standard InChI is InChI=1S/C16H13NO3/c1-2-10-7-8-11-5-3-4-6-12(11)15(10)13(16(17)20)9-14(18)19/h2-9H,1H2,(H2,17,20)(H,18,19)/b13-9-. The van der Waals surface area contributed by atoms with Crippen molar-refractivity contribution in [3.63, 3.8) is 0 Å². The topological polar surface area (TPSA) is 80.4 Å². The van der Waals surface area contributed by atoms with E-state index in [1.807, 2.05) is 30.3 Å². The van der Waals surface area contributed by atoms with Crippen molar-refractivity contribution in [3.05, 3.63) is 60.2 Å². The van der Waals surface area contributed by atoms with Gasteiger partial charge in [0, 0.05) is 11.6 Å². The first-order valence-corrected chi connectivity index (χ1v) is 5.93. The van der Waals surface area contributed by atoms with Crippen LogP contribution in [0, 0.1) is 0 Å². The largest absolute Gasteiger partial charge is 0.478 e. The van der Waals surface area contributed by atoms with Crippen LogP contribution in [0.2, 0.25) is 0 Å². The summed E-state index contributed by atoms with van der Waals surface area (Å²) in [5.74, 6) is -2.01. The lowest BCUT2D eigenvalue weighted by Crippen LogP contribution is -2.15. The Morgan fingerprint density at radius 3 is 2.45 bits per heavy atom. The first-order chi connectivity index (χ1) is 9.54. The number of carboxylic acids is 1. The molecule has 0 aliphatic heterocycles. The molecule has 0 heterocycles. The second-order valence-corrected chi connectivity index (χ2v) is 4.22. The average Bonchev–Trinajstić information content (AvgIpc) is 2.43. The summed E-state index contributed by atoms with van der Waals surface area (Å²) in [5, 5.41) is 10.6. The minimum absolute atomic E-state index is 0.0378. The SMILES string of the molecule is C=Cc1ccc2ccccc2c1/C(=C/C(=O)O)C(N)=O. The average molecular weight is 267 g/mol. The van der Waals surface area contributed by atoms with Gasteiger partial charge in [0.25, 0.3) is 0 Å². The van der Waals surface area contributed by atoms with Crippen LogP contribution in [-0.2, 0) is 9.59 Å². The van der Waals surface area contributed by atoms with Crippen molar-refractivity contribution in [2.75, 3.05) is 0 Å². The van der Waals surface area contributed by atoms with Crippen molar-refractivity contribution in [3.8, 4) is 0 Å². The number of carboxylic acid groups (broad SMARTS) is 1. The molecule has 0 aromatic heterocycles. The molecule has 4 heteroatoms. The van der Waals surface area contributed by atoms with Crippen LogP contribution in [0.15, 0.2) is 49.1 Å². The first kappa shape index (κ1) is 13.5. The van der Waals surface area contributed by atoms with Crippen LogP contribution in [0.4, 0.5) is 0 Å². The van der Waals surface area contributed by atoms with Crippen LogP contribution in [0.5, 0.6) is 0 Å². The number of aliphatic carboxylic acids is 1. The molecular formula is C16H13NO3. The molecule has 100 valence electrons. The van der Waals surface area contributed by atoms with E-state index in [-0.39, 0.29) is 5.57 Å². The molecule has 0 radical (unpaired) electrons. The molecule has 1 amide bonds. The number of hydrogen-bond donors (Lipinski definition) is 2. The van der Waals surface area contributed by atoms with Crippen molar-refractivity contribution in [2.24, 2.45) is 5.73 Å². The molecule has 4 nitrogen and oxygen atoms in total. The molecule has 2 aromatic carbocycles. The summed E-state index contributed by atoms with van der Waals surface area (Å²) in [6, 6.07) is 11.0. The molecule has 0 atom stereocenters. The predicted molar refractivity (Wildman–Crippen MR) is 78.8 cm³/mol. The minimum Gasteiger partial charge on any atom is -0.478 e. The number of nitrogens with two attached hydrogens (primary N) is 1. The molecule has 0 spiro atoms. The molecule has 3 N–H and O–H groups in total. The molecular weight excluding hydrogens is 254 g/mol. The van der Waals surface area contributed by atoms with Crippen LogP contribution in [0.25, 0.3) is 22.4 Å². The van der Waals surface area contributed by atoms with E-state index >= 15 is 0 Å². The van der Waals surface area contributed by atoms with E-state index in [9.17, 15) is 9.59 Å². The van der Waals surface area contributed by atoms with Crippen LogP contribution < -0.4 is 5.73 Å². The number of carbonyl (C=O) groups is 2. The second-order valence-electron chi connectivity index (χ2n) is 4.22. The van der Waals surface area contributed by atoms with Crippen molar-refractivity contribution in [1.82, 2.24) is 0 Å². The molecule has 0 bridgehead atoms. The molecule has 0 unspecified atom stereocenters. The Kier molecular flexibility index (Phi) is 3.66. The maximum absolute atomic E-state index is 11.6. The van der Waals surface area contributed by atoms with Crippen molar-refractivity contribution < 1.29 is 14.7 Å². The Hall–Kier alpha value is -2.88. The van der Waals surface area contributed by atoms with Gasteiger partial charge in [-0.15, -0.1) is 0 Å². The summed E-state index contributed by atoms with van der Waals surface area (Å²) in [4.78, 5) is 22.5. The number of rotatable bonds is 4. The first-order valence-electron chi connectivity index (χ1n) is 5.93. The third-order valence-corrected chi connectivity index (χ3v) is 2.98. The fraction of sp³-hybridized carbons (Fsp3) is 0. The van der Waals surface area contributed by atoms with Gasteiger partial charge in [-0.3, -0.25) is 4.79 Å². The Bertz CT molecular complexity index is 744. The lowest BCUT2D eigenvalue weighted by atomic mass is 9.92. The second kappa shape index (κ2) is 5.40.